The first kappa shape index (κ1) is 20.6. The van der Waals surface area contributed by atoms with Crippen LogP contribution < -0.4 is 0 Å². The number of carbonyl (C=O) groups is 1. The third kappa shape index (κ3) is 3.86. The van der Waals surface area contributed by atoms with E-state index in [9.17, 15) is 18.0 Å². The SMILES string of the molecule is CCOC(=O)C1=CC[C@@](c2ccccc2)(C(F)(F)F)O[C@@H]1c1ccc(Br)cc1. The fourth-order valence-corrected chi connectivity index (χ4v) is 3.47. The van der Waals surface area contributed by atoms with Crippen molar-refractivity contribution in [3.8, 4) is 0 Å². The highest BCUT2D eigenvalue weighted by molar-refractivity contribution is 9.10. The molecule has 7 heteroatoms. The first-order valence-corrected chi connectivity index (χ1v) is 9.50. The molecule has 0 saturated heterocycles. The summed E-state index contributed by atoms with van der Waals surface area (Å²) in [5.41, 5.74) is -2.06. The third-order valence-electron chi connectivity index (χ3n) is 4.59. The predicted octanol–water partition coefficient (Wildman–Crippen LogP) is 5.86. The summed E-state index contributed by atoms with van der Waals surface area (Å²) in [7, 11) is 0. The van der Waals surface area contributed by atoms with Gasteiger partial charge in [-0.15, -0.1) is 0 Å². The second-order valence-electron chi connectivity index (χ2n) is 6.32. The van der Waals surface area contributed by atoms with E-state index >= 15 is 0 Å². The molecule has 0 aliphatic carbocycles. The van der Waals surface area contributed by atoms with Crippen LogP contribution in [-0.4, -0.2) is 18.8 Å². The Morgan fingerprint density at radius 2 is 1.82 bits per heavy atom. The molecule has 2 aromatic rings. The van der Waals surface area contributed by atoms with Crippen molar-refractivity contribution in [1.29, 1.82) is 0 Å². The van der Waals surface area contributed by atoms with E-state index in [1.807, 2.05) is 0 Å². The van der Waals surface area contributed by atoms with E-state index in [4.69, 9.17) is 9.47 Å². The Balaban J connectivity index is 2.13. The van der Waals surface area contributed by atoms with Crippen molar-refractivity contribution in [3.63, 3.8) is 0 Å². The molecule has 148 valence electrons. The summed E-state index contributed by atoms with van der Waals surface area (Å²) in [6.07, 6.45) is -5.11. The van der Waals surface area contributed by atoms with E-state index in [0.29, 0.717) is 5.56 Å². The molecule has 0 amide bonds. The van der Waals surface area contributed by atoms with Gasteiger partial charge in [-0.05, 0) is 30.2 Å². The lowest BCUT2D eigenvalue weighted by Crippen LogP contribution is -2.48. The predicted molar refractivity (Wildman–Crippen MR) is 101 cm³/mol. The number of alkyl halides is 3. The first-order valence-electron chi connectivity index (χ1n) is 8.71. The number of ether oxygens (including phenoxy) is 2. The zero-order valence-corrected chi connectivity index (χ0v) is 16.6. The molecule has 0 aromatic heterocycles. The molecule has 1 aliphatic heterocycles. The van der Waals surface area contributed by atoms with Crippen molar-refractivity contribution in [3.05, 3.63) is 81.8 Å². The van der Waals surface area contributed by atoms with Crippen molar-refractivity contribution in [1.82, 2.24) is 0 Å². The highest BCUT2D eigenvalue weighted by atomic mass is 79.9. The summed E-state index contributed by atoms with van der Waals surface area (Å²) in [5.74, 6) is -0.681. The second kappa shape index (κ2) is 8.09. The first-order chi connectivity index (χ1) is 13.3. The van der Waals surface area contributed by atoms with Gasteiger partial charge in [-0.2, -0.15) is 13.2 Å². The Morgan fingerprint density at radius 1 is 1.18 bits per heavy atom. The van der Waals surface area contributed by atoms with Crippen molar-refractivity contribution in [2.75, 3.05) is 6.61 Å². The Kier molecular flexibility index (Phi) is 5.95. The van der Waals surface area contributed by atoms with Crippen LogP contribution in [0.1, 0.15) is 30.6 Å². The van der Waals surface area contributed by atoms with Crippen LogP contribution in [0.4, 0.5) is 13.2 Å². The van der Waals surface area contributed by atoms with Crippen LogP contribution in [0.5, 0.6) is 0 Å². The van der Waals surface area contributed by atoms with Crippen LogP contribution in [0.15, 0.2) is 70.7 Å². The summed E-state index contributed by atoms with van der Waals surface area (Å²) >= 11 is 3.30. The normalized spacial score (nSPS) is 22.5. The van der Waals surface area contributed by atoms with Crippen LogP contribution in [-0.2, 0) is 19.9 Å². The van der Waals surface area contributed by atoms with Crippen LogP contribution >= 0.6 is 15.9 Å². The molecule has 2 atom stereocenters. The summed E-state index contributed by atoms with van der Waals surface area (Å²) < 4.78 is 54.2. The van der Waals surface area contributed by atoms with E-state index < -0.39 is 30.3 Å². The zero-order valence-electron chi connectivity index (χ0n) is 15.0. The molecule has 1 heterocycles. The van der Waals surface area contributed by atoms with E-state index in [1.54, 1.807) is 37.3 Å². The van der Waals surface area contributed by atoms with Crippen molar-refractivity contribution < 1.29 is 27.4 Å². The largest absolute Gasteiger partial charge is 0.463 e. The maximum Gasteiger partial charge on any atom is 0.422 e. The zero-order chi connectivity index (χ0) is 20.4. The molecule has 28 heavy (non-hydrogen) atoms. The summed E-state index contributed by atoms with van der Waals surface area (Å²) in [5, 5.41) is 0. The molecule has 0 N–H and O–H groups in total. The lowest BCUT2D eigenvalue weighted by Gasteiger charge is -2.42. The molecule has 0 unspecified atom stereocenters. The Bertz CT molecular complexity index is 863. The summed E-state index contributed by atoms with van der Waals surface area (Å²) in [4.78, 5) is 12.4. The van der Waals surface area contributed by atoms with Gasteiger partial charge in [-0.3, -0.25) is 0 Å². The van der Waals surface area contributed by atoms with Gasteiger partial charge in [0.2, 0.25) is 0 Å². The molecular weight excluding hydrogens is 437 g/mol. The van der Waals surface area contributed by atoms with E-state index in [2.05, 4.69) is 15.9 Å². The molecule has 2 aromatic carbocycles. The van der Waals surface area contributed by atoms with E-state index in [0.717, 1.165) is 4.47 Å². The molecule has 1 aliphatic rings. The lowest BCUT2D eigenvalue weighted by molar-refractivity contribution is -0.298. The van der Waals surface area contributed by atoms with Crippen LogP contribution in [0.25, 0.3) is 0 Å². The average molecular weight is 455 g/mol. The molecule has 0 saturated carbocycles. The molecule has 3 nitrogen and oxygen atoms in total. The van der Waals surface area contributed by atoms with Crippen molar-refractivity contribution >= 4 is 21.9 Å². The monoisotopic (exact) mass is 454 g/mol. The number of hydrogen-bond acceptors (Lipinski definition) is 3. The highest BCUT2D eigenvalue weighted by Crippen LogP contribution is 2.52. The van der Waals surface area contributed by atoms with Gasteiger partial charge in [0, 0.05) is 10.9 Å². The minimum Gasteiger partial charge on any atom is -0.463 e. The van der Waals surface area contributed by atoms with Crippen molar-refractivity contribution in [2.45, 2.75) is 31.2 Å². The molecule has 0 bridgehead atoms. The van der Waals surface area contributed by atoms with Crippen LogP contribution in [0.3, 0.4) is 0 Å². The number of carbonyl (C=O) groups excluding carboxylic acids is 1. The van der Waals surface area contributed by atoms with E-state index in [1.165, 1.54) is 30.3 Å². The highest BCUT2D eigenvalue weighted by Gasteiger charge is 2.60. The number of hydrogen-bond donors (Lipinski definition) is 0. The molecule has 3 rings (SSSR count). The number of esters is 1. The smallest absolute Gasteiger partial charge is 0.422 e. The minimum absolute atomic E-state index is 0.0104. The maximum atomic E-state index is 14.2. The average Bonchev–Trinajstić information content (AvgIpc) is 2.68. The Morgan fingerprint density at radius 3 is 2.39 bits per heavy atom. The molecule has 0 fully saturated rings. The fraction of sp³-hybridized carbons (Fsp3) is 0.286. The van der Waals surface area contributed by atoms with Gasteiger partial charge in [0.25, 0.3) is 0 Å². The summed E-state index contributed by atoms with van der Waals surface area (Å²) in [6, 6.07) is 14.1. The van der Waals surface area contributed by atoms with E-state index in [-0.39, 0.29) is 17.7 Å². The summed E-state index contributed by atoms with van der Waals surface area (Å²) in [6.45, 7) is 1.76. The van der Waals surface area contributed by atoms with Gasteiger partial charge in [0.1, 0.15) is 6.10 Å². The fourth-order valence-electron chi connectivity index (χ4n) is 3.20. The third-order valence-corrected chi connectivity index (χ3v) is 5.12. The lowest BCUT2D eigenvalue weighted by atomic mass is 9.84. The Labute approximate surface area is 169 Å². The van der Waals surface area contributed by atoms with Gasteiger partial charge in [0.05, 0.1) is 12.2 Å². The van der Waals surface area contributed by atoms with Gasteiger partial charge >= 0.3 is 12.1 Å². The quantitative estimate of drug-likeness (QED) is 0.542. The molecule has 0 radical (unpaired) electrons. The van der Waals surface area contributed by atoms with Gasteiger partial charge < -0.3 is 9.47 Å². The Hall–Kier alpha value is -2.12. The van der Waals surface area contributed by atoms with Crippen LogP contribution in [0, 0.1) is 0 Å². The maximum absolute atomic E-state index is 14.2. The standard InChI is InChI=1S/C21H18BrF3O3/c1-2-27-19(26)17-12-13-20(21(23,24)25,15-6-4-3-5-7-15)28-18(17)14-8-10-16(22)11-9-14/h3-12,18H,2,13H2,1H3/t18-,20-/m1/s1. The second-order valence-corrected chi connectivity index (χ2v) is 7.24. The number of rotatable bonds is 4. The minimum atomic E-state index is -4.68. The van der Waals surface area contributed by atoms with Crippen LogP contribution in [0.2, 0.25) is 0 Å². The van der Waals surface area contributed by atoms with Gasteiger partial charge in [-0.1, -0.05) is 64.5 Å². The van der Waals surface area contributed by atoms with Gasteiger partial charge in [0.15, 0.2) is 5.60 Å². The number of benzene rings is 2. The topological polar surface area (TPSA) is 35.5 Å². The van der Waals surface area contributed by atoms with Crippen molar-refractivity contribution in [2.24, 2.45) is 0 Å². The molecular formula is C21H18BrF3O3. The van der Waals surface area contributed by atoms with Gasteiger partial charge in [-0.25, -0.2) is 4.79 Å². The molecule has 0 spiro atoms. The number of halogens is 4.